The summed E-state index contributed by atoms with van der Waals surface area (Å²) >= 11 is 1.31. The number of ether oxygens (including phenoxy) is 2. The summed E-state index contributed by atoms with van der Waals surface area (Å²) in [5, 5.41) is 6.86. The largest absolute Gasteiger partial charge is 0.493 e. The van der Waals surface area contributed by atoms with Gasteiger partial charge in [-0.3, -0.25) is 5.32 Å². The molecule has 1 aromatic carbocycles. The summed E-state index contributed by atoms with van der Waals surface area (Å²) in [4.78, 5) is 14.9. The number of carbonyl (C=O) groups is 1. The minimum atomic E-state index is -0.150. The van der Waals surface area contributed by atoms with Crippen LogP contribution in [0.1, 0.15) is 36.9 Å². The number of urea groups is 1. The van der Waals surface area contributed by atoms with Gasteiger partial charge in [0, 0.05) is 17.5 Å². The highest BCUT2D eigenvalue weighted by molar-refractivity contribution is 7.10. The zero-order valence-corrected chi connectivity index (χ0v) is 18.8. The number of aryl methyl sites for hydroxylation is 1. The van der Waals surface area contributed by atoms with Crippen molar-refractivity contribution in [1.82, 2.24) is 14.6 Å². The van der Waals surface area contributed by atoms with Crippen LogP contribution in [0.4, 0.5) is 9.80 Å². The molecule has 162 valence electrons. The number of aromatic nitrogens is 1. The van der Waals surface area contributed by atoms with Crippen LogP contribution in [0.2, 0.25) is 0 Å². The molecule has 2 aromatic rings. The van der Waals surface area contributed by atoms with Gasteiger partial charge in [-0.15, -0.1) is 0 Å². The number of amides is 2. The number of hydrogen-bond donors (Lipinski definition) is 2. The van der Waals surface area contributed by atoms with Crippen LogP contribution in [0.3, 0.4) is 0 Å². The Hall–Kier alpha value is -2.32. The Bertz CT molecular complexity index is 918. The molecule has 2 aliphatic rings. The lowest BCUT2D eigenvalue weighted by Crippen LogP contribution is -2.52. The van der Waals surface area contributed by atoms with E-state index in [-0.39, 0.29) is 17.5 Å². The molecule has 7 nitrogen and oxygen atoms in total. The number of carbonyl (C=O) groups excluding carboxylic acids is 1. The van der Waals surface area contributed by atoms with E-state index in [1.165, 1.54) is 17.1 Å². The molecule has 1 aliphatic carbocycles. The summed E-state index contributed by atoms with van der Waals surface area (Å²) in [5.41, 5.74) is 2.30. The van der Waals surface area contributed by atoms with E-state index >= 15 is 0 Å². The second-order valence-electron chi connectivity index (χ2n) is 8.37. The maximum Gasteiger partial charge on any atom is 0.320 e. The number of fused-ring (bicyclic) bond motifs is 1. The van der Waals surface area contributed by atoms with E-state index in [0.717, 1.165) is 54.4 Å². The van der Waals surface area contributed by atoms with E-state index in [9.17, 15) is 4.79 Å². The standard InChI is InChI=1S/C22H30N4O3S/c1-14-11-20(30-25-14)24-21(27)23-16-7-8-22(9-10-26(2)19(22)13-16)15-5-6-17(28-3)18(12-15)29-4/h5-6,11-12,16,19H,7-10,13H2,1-4H3,(H2,23,24,27)/t16-,19+,22-/m0/s1. The van der Waals surface area contributed by atoms with Crippen LogP contribution in [0.15, 0.2) is 24.3 Å². The van der Waals surface area contributed by atoms with Crippen molar-refractivity contribution in [2.45, 2.75) is 50.1 Å². The SMILES string of the molecule is COc1ccc([C@@]23CC[C@H](NC(=O)Nc4cc(C)ns4)C[C@H]2N(C)CC3)cc1OC. The van der Waals surface area contributed by atoms with Gasteiger partial charge >= 0.3 is 6.03 Å². The van der Waals surface area contributed by atoms with Crippen LogP contribution in [0, 0.1) is 6.92 Å². The van der Waals surface area contributed by atoms with E-state index in [1.807, 2.05) is 19.1 Å². The highest BCUT2D eigenvalue weighted by atomic mass is 32.1. The molecule has 1 saturated heterocycles. The van der Waals surface area contributed by atoms with Gasteiger partial charge in [-0.1, -0.05) is 6.07 Å². The highest BCUT2D eigenvalue weighted by Crippen LogP contribution is 2.49. The lowest BCUT2D eigenvalue weighted by molar-refractivity contribution is 0.156. The van der Waals surface area contributed by atoms with Gasteiger partial charge in [-0.25, -0.2) is 4.79 Å². The van der Waals surface area contributed by atoms with Crippen molar-refractivity contribution in [3.05, 3.63) is 35.5 Å². The smallest absolute Gasteiger partial charge is 0.320 e. The third kappa shape index (κ3) is 3.86. The van der Waals surface area contributed by atoms with Crippen LogP contribution in [0.5, 0.6) is 11.5 Å². The molecular formula is C22H30N4O3S. The number of nitrogens with zero attached hydrogens (tertiary/aromatic N) is 2. The average Bonchev–Trinajstić information content (AvgIpc) is 3.31. The fraction of sp³-hybridized carbons (Fsp3) is 0.545. The highest BCUT2D eigenvalue weighted by Gasteiger charge is 2.50. The lowest BCUT2D eigenvalue weighted by Gasteiger charge is -2.45. The Morgan fingerprint density at radius 3 is 2.73 bits per heavy atom. The number of methoxy groups -OCH3 is 2. The first-order chi connectivity index (χ1) is 14.4. The molecule has 1 aromatic heterocycles. The van der Waals surface area contributed by atoms with Crippen molar-refractivity contribution in [2.24, 2.45) is 0 Å². The first-order valence-corrected chi connectivity index (χ1v) is 11.2. The van der Waals surface area contributed by atoms with Gasteiger partial charge in [0.2, 0.25) is 0 Å². The molecule has 8 heteroatoms. The molecule has 2 heterocycles. The van der Waals surface area contributed by atoms with E-state index in [0.29, 0.717) is 6.04 Å². The van der Waals surface area contributed by atoms with E-state index in [1.54, 1.807) is 14.2 Å². The van der Waals surface area contributed by atoms with Crippen molar-refractivity contribution in [3.8, 4) is 11.5 Å². The Kier molecular flexibility index (Phi) is 5.88. The van der Waals surface area contributed by atoms with Gasteiger partial charge < -0.3 is 19.7 Å². The molecule has 3 atom stereocenters. The first-order valence-electron chi connectivity index (χ1n) is 10.4. The summed E-state index contributed by atoms with van der Waals surface area (Å²) in [5.74, 6) is 1.53. The predicted molar refractivity (Wildman–Crippen MR) is 119 cm³/mol. The van der Waals surface area contributed by atoms with E-state index in [4.69, 9.17) is 9.47 Å². The minimum absolute atomic E-state index is 0.0811. The fourth-order valence-electron chi connectivity index (χ4n) is 5.15. The summed E-state index contributed by atoms with van der Waals surface area (Å²) in [6, 6.07) is 8.59. The molecule has 0 bridgehead atoms. The Balaban J connectivity index is 1.49. The maximum absolute atomic E-state index is 12.5. The van der Waals surface area contributed by atoms with Gasteiger partial charge in [0.1, 0.15) is 5.00 Å². The molecule has 1 aliphatic heterocycles. The second kappa shape index (κ2) is 8.43. The Labute approximate surface area is 181 Å². The summed E-state index contributed by atoms with van der Waals surface area (Å²) < 4.78 is 15.2. The molecule has 0 unspecified atom stereocenters. The normalized spacial score (nSPS) is 26.1. The van der Waals surface area contributed by atoms with Crippen LogP contribution in [0.25, 0.3) is 0 Å². The molecule has 1 saturated carbocycles. The van der Waals surface area contributed by atoms with Gasteiger partial charge in [0.15, 0.2) is 11.5 Å². The van der Waals surface area contributed by atoms with Crippen molar-refractivity contribution in [1.29, 1.82) is 0 Å². The number of likely N-dealkylation sites (N-methyl/N-ethyl adjacent to an activating group) is 1. The van der Waals surface area contributed by atoms with Gasteiger partial charge in [-0.05, 0) is 81.5 Å². The van der Waals surface area contributed by atoms with Gasteiger partial charge in [-0.2, -0.15) is 4.37 Å². The molecule has 2 fully saturated rings. The number of benzene rings is 1. The van der Waals surface area contributed by atoms with Crippen LogP contribution < -0.4 is 20.1 Å². The van der Waals surface area contributed by atoms with Crippen LogP contribution in [-0.4, -0.2) is 55.2 Å². The van der Waals surface area contributed by atoms with Gasteiger partial charge in [0.05, 0.1) is 19.9 Å². The minimum Gasteiger partial charge on any atom is -0.493 e. The van der Waals surface area contributed by atoms with E-state index in [2.05, 4.69) is 39.1 Å². The third-order valence-corrected chi connectivity index (χ3v) is 7.48. The van der Waals surface area contributed by atoms with Crippen molar-refractivity contribution >= 4 is 22.6 Å². The first kappa shape index (κ1) is 20.9. The second-order valence-corrected chi connectivity index (χ2v) is 9.18. The molecule has 0 radical (unpaired) electrons. The number of anilines is 1. The predicted octanol–water partition coefficient (Wildman–Crippen LogP) is 3.78. The maximum atomic E-state index is 12.5. The van der Waals surface area contributed by atoms with E-state index < -0.39 is 0 Å². The van der Waals surface area contributed by atoms with Crippen molar-refractivity contribution in [2.75, 3.05) is 33.1 Å². The van der Waals surface area contributed by atoms with Crippen molar-refractivity contribution < 1.29 is 14.3 Å². The van der Waals surface area contributed by atoms with Crippen LogP contribution >= 0.6 is 11.5 Å². The summed E-state index contributed by atoms with van der Waals surface area (Å²) in [6.45, 7) is 2.97. The molecule has 0 spiro atoms. The molecule has 2 N–H and O–H groups in total. The quantitative estimate of drug-likeness (QED) is 0.755. The average molecular weight is 431 g/mol. The Morgan fingerprint density at radius 1 is 1.23 bits per heavy atom. The van der Waals surface area contributed by atoms with Gasteiger partial charge in [0.25, 0.3) is 0 Å². The number of hydrogen-bond acceptors (Lipinski definition) is 6. The number of nitrogens with one attached hydrogen (secondary N) is 2. The fourth-order valence-corrected chi connectivity index (χ4v) is 5.81. The third-order valence-electron chi connectivity index (χ3n) is 6.69. The lowest BCUT2D eigenvalue weighted by atomic mass is 9.65. The molecule has 2 amide bonds. The topological polar surface area (TPSA) is 75.7 Å². The molecule has 4 rings (SSSR count). The Morgan fingerprint density at radius 2 is 2.03 bits per heavy atom. The van der Waals surface area contributed by atoms with Crippen molar-refractivity contribution in [3.63, 3.8) is 0 Å². The molecule has 30 heavy (non-hydrogen) atoms. The summed E-state index contributed by atoms with van der Waals surface area (Å²) in [6.07, 6.45) is 4.03. The monoisotopic (exact) mass is 430 g/mol. The molecular weight excluding hydrogens is 400 g/mol. The zero-order valence-electron chi connectivity index (χ0n) is 18.0. The number of likely N-dealkylation sites (tertiary alicyclic amines) is 1. The number of rotatable bonds is 5. The zero-order chi connectivity index (χ0) is 21.3. The van der Waals surface area contributed by atoms with Crippen LogP contribution in [-0.2, 0) is 5.41 Å². The summed E-state index contributed by atoms with van der Waals surface area (Å²) in [7, 11) is 5.54.